The van der Waals surface area contributed by atoms with Crippen LogP contribution < -0.4 is 0 Å². The summed E-state index contributed by atoms with van der Waals surface area (Å²) in [4.78, 5) is 43.1. The van der Waals surface area contributed by atoms with Crippen molar-refractivity contribution in [3.63, 3.8) is 0 Å². The van der Waals surface area contributed by atoms with E-state index in [0.717, 1.165) is 109 Å². The molecule has 0 aliphatic heterocycles. The van der Waals surface area contributed by atoms with Gasteiger partial charge in [0.2, 0.25) is 5.28 Å². The van der Waals surface area contributed by atoms with Crippen molar-refractivity contribution in [2.24, 2.45) is 0 Å². The molecule has 0 saturated heterocycles. The molecule has 0 amide bonds. The molecule has 10 nitrogen and oxygen atoms in total. The third kappa shape index (κ3) is 17.9. The number of rotatable bonds is 9. The molecule has 8 aromatic carbocycles. The summed E-state index contributed by atoms with van der Waals surface area (Å²) in [6.07, 6.45) is 16.1. The Balaban J connectivity index is 0.000000120. The fourth-order valence-corrected chi connectivity index (χ4v) is 11.3. The van der Waals surface area contributed by atoms with Crippen LogP contribution in [0.4, 0.5) is 0 Å². The van der Waals surface area contributed by atoms with Crippen LogP contribution in [0, 0.1) is 0 Å². The van der Waals surface area contributed by atoms with E-state index in [4.69, 9.17) is 23.2 Å². The predicted octanol–water partition coefficient (Wildman–Crippen LogP) is 22.1. The van der Waals surface area contributed by atoms with E-state index >= 15 is 0 Å². The lowest BCUT2D eigenvalue weighted by atomic mass is 9.96. The number of fused-ring (bicyclic) bond motifs is 1. The molecule has 0 bridgehead atoms. The molecule has 0 spiro atoms. The highest BCUT2D eigenvalue weighted by Gasteiger charge is 2.14. The summed E-state index contributed by atoms with van der Waals surface area (Å²) in [5.74, 6) is 1.43. The maximum Gasteiger partial charge on any atom is 0.222 e. The van der Waals surface area contributed by atoms with Crippen molar-refractivity contribution in [2.75, 3.05) is 0 Å². The van der Waals surface area contributed by atoms with Gasteiger partial charge in [0.1, 0.15) is 4.60 Å². The lowest BCUT2D eigenvalue weighted by Crippen LogP contribution is -1.93. The third-order valence-electron chi connectivity index (χ3n) is 14.1. The standard InChI is InChI=1S/C20H13ClN2.2C16H11BrN2.C16H11ClN2.C10H7BrN2/c21-20-22-13-18(19(23-20)15-8-2-1-3-9-15)17-12-6-10-14-7-4-5-11-16(14)17;17-16-8-14(12-3-1-5-18-10-12)7-15(9-16)13-4-2-6-19-11-13;17-14-10-12(15-5-1-3-7-18-15)9-13(11-14)16-6-2-4-8-19-16;17-14-11-18-16(13-9-5-2-6-10-13)19-15(14)12-7-3-1-4-8-12;11-9-6-7-12-10(13-9)8-4-2-1-3-5-8/h1-13H;3*1-11H;1-7H. The van der Waals surface area contributed by atoms with Crippen LogP contribution in [0.1, 0.15) is 0 Å². The number of nitrogens with zero attached hydrogens (tertiary/aromatic N) is 10. The zero-order valence-corrected chi connectivity index (χ0v) is 55.7. The Hall–Kier alpha value is -10.1. The third-order valence-corrected chi connectivity index (χ3v) is 15.9. The molecule has 93 heavy (non-hydrogen) atoms. The van der Waals surface area contributed by atoms with Crippen LogP contribution in [0.15, 0.2) is 336 Å². The molecular weight excluding hydrogens is 1390 g/mol. The highest BCUT2D eigenvalue weighted by atomic mass is 79.9. The van der Waals surface area contributed by atoms with Gasteiger partial charge < -0.3 is 0 Å². The fourth-order valence-electron chi connectivity index (χ4n) is 9.73. The lowest BCUT2D eigenvalue weighted by molar-refractivity contribution is 1.15. The van der Waals surface area contributed by atoms with E-state index in [1.807, 2.05) is 200 Å². The van der Waals surface area contributed by atoms with Crippen LogP contribution in [0.25, 0.3) is 112 Å². The van der Waals surface area contributed by atoms with Gasteiger partial charge in [0.25, 0.3) is 0 Å². The average Bonchev–Trinajstić information content (AvgIpc) is 0.897. The van der Waals surface area contributed by atoms with Gasteiger partial charge in [-0.25, -0.2) is 29.9 Å². The highest BCUT2D eigenvalue weighted by Crippen LogP contribution is 2.36. The molecule has 450 valence electrons. The van der Waals surface area contributed by atoms with Gasteiger partial charge >= 0.3 is 0 Å². The van der Waals surface area contributed by atoms with E-state index in [1.165, 1.54) is 10.8 Å². The van der Waals surface area contributed by atoms with Gasteiger partial charge in [-0.05, 0) is 134 Å². The number of pyridine rings is 4. The van der Waals surface area contributed by atoms with Crippen molar-refractivity contribution >= 4 is 81.8 Å². The lowest BCUT2D eigenvalue weighted by Gasteiger charge is -2.11. The Labute approximate surface area is 574 Å². The second-order valence-corrected chi connectivity index (χ2v) is 23.7. The quantitative estimate of drug-likeness (QED) is 0.102. The Kier molecular flexibility index (Phi) is 22.7. The Bertz CT molecular complexity index is 4600. The first-order valence-electron chi connectivity index (χ1n) is 29.2. The van der Waals surface area contributed by atoms with Crippen molar-refractivity contribution in [3.05, 3.63) is 347 Å². The predicted molar refractivity (Wildman–Crippen MR) is 390 cm³/mol. The summed E-state index contributed by atoms with van der Waals surface area (Å²) in [5.41, 5.74) is 16.3. The Morgan fingerprint density at radius 3 is 1.28 bits per heavy atom. The van der Waals surface area contributed by atoms with E-state index in [9.17, 15) is 0 Å². The normalized spacial score (nSPS) is 10.4. The van der Waals surface area contributed by atoms with E-state index < -0.39 is 0 Å². The topological polar surface area (TPSA) is 129 Å². The number of halogens is 5. The van der Waals surface area contributed by atoms with Crippen LogP contribution >= 0.6 is 71.0 Å². The summed E-state index contributed by atoms with van der Waals surface area (Å²) in [5, 5.41) is 3.19. The number of benzene rings is 8. The van der Waals surface area contributed by atoms with Gasteiger partial charge in [0.15, 0.2) is 11.6 Å². The van der Waals surface area contributed by atoms with Crippen molar-refractivity contribution in [1.82, 2.24) is 49.8 Å². The first-order chi connectivity index (χ1) is 45.7. The summed E-state index contributed by atoms with van der Waals surface area (Å²) in [6.45, 7) is 0. The second kappa shape index (κ2) is 32.8. The monoisotopic (exact) mass is 1440 g/mol. The second-order valence-electron chi connectivity index (χ2n) is 20.4. The molecule has 0 aliphatic carbocycles. The zero-order valence-electron chi connectivity index (χ0n) is 49.5. The first kappa shape index (κ1) is 64.4. The molecule has 7 aromatic heterocycles. The fraction of sp³-hybridized carbons (Fsp3) is 0. The molecule has 0 fully saturated rings. The van der Waals surface area contributed by atoms with E-state index in [1.54, 1.807) is 43.4 Å². The minimum absolute atomic E-state index is 0.257. The molecule has 0 radical (unpaired) electrons. The molecule has 15 heteroatoms. The van der Waals surface area contributed by atoms with E-state index in [0.29, 0.717) is 10.8 Å². The Morgan fingerprint density at radius 1 is 0.280 bits per heavy atom. The van der Waals surface area contributed by atoms with Crippen LogP contribution in [0.5, 0.6) is 0 Å². The molecule has 15 rings (SSSR count). The summed E-state index contributed by atoms with van der Waals surface area (Å²) in [7, 11) is 0. The summed E-state index contributed by atoms with van der Waals surface area (Å²) < 4.78 is 2.88. The molecular formula is C78H53Br3Cl2N10. The van der Waals surface area contributed by atoms with Gasteiger partial charge in [0, 0.05) is 109 Å². The average molecular weight is 1440 g/mol. The van der Waals surface area contributed by atoms with Crippen molar-refractivity contribution in [2.45, 2.75) is 0 Å². The zero-order chi connectivity index (χ0) is 64.0. The SMILES string of the molecule is Brc1cc(-c2ccccn2)cc(-c2ccccn2)c1.Brc1cc(-c2cccnc2)cc(-c2cccnc2)c1.Brc1ccnc(-c2ccccc2)n1.Clc1cnc(-c2ccccc2)nc1-c1ccccc1.Clc1ncc(-c2cccc3ccccc23)c(-c2ccccc2)n1. The van der Waals surface area contributed by atoms with Crippen molar-refractivity contribution < 1.29 is 0 Å². The molecule has 0 unspecified atom stereocenters. The first-order valence-corrected chi connectivity index (χ1v) is 32.3. The van der Waals surface area contributed by atoms with Crippen LogP contribution in [-0.2, 0) is 0 Å². The summed E-state index contributed by atoms with van der Waals surface area (Å²) in [6, 6.07) is 88.5. The number of hydrogen-bond donors (Lipinski definition) is 0. The van der Waals surface area contributed by atoms with Gasteiger partial charge in [0.05, 0.1) is 34.0 Å². The van der Waals surface area contributed by atoms with Crippen molar-refractivity contribution in [1.29, 1.82) is 0 Å². The van der Waals surface area contributed by atoms with Crippen molar-refractivity contribution in [3.8, 4) is 101 Å². The smallest absolute Gasteiger partial charge is 0.222 e. The van der Waals surface area contributed by atoms with Crippen LogP contribution in [0.2, 0.25) is 10.3 Å². The van der Waals surface area contributed by atoms with Gasteiger partial charge in [-0.15, -0.1) is 0 Å². The maximum absolute atomic E-state index is 6.19. The minimum atomic E-state index is 0.257. The molecule has 0 aliphatic rings. The van der Waals surface area contributed by atoms with Crippen LogP contribution in [0.3, 0.4) is 0 Å². The van der Waals surface area contributed by atoms with Crippen LogP contribution in [-0.4, -0.2) is 49.8 Å². The molecule has 0 atom stereocenters. The Morgan fingerprint density at radius 2 is 0.753 bits per heavy atom. The highest BCUT2D eigenvalue weighted by molar-refractivity contribution is 9.11. The van der Waals surface area contributed by atoms with E-state index in [-0.39, 0.29) is 5.28 Å². The van der Waals surface area contributed by atoms with Gasteiger partial charge in [-0.1, -0.05) is 232 Å². The molecule has 0 N–H and O–H groups in total. The van der Waals surface area contributed by atoms with E-state index in [2.05, 4.69) is 176 Å². The number of aromatic nitrogens is 10. The largest absolute Gasteiger partial charge is 0.264 e. The maximum atomic E-state index is 6.19. The summed E-state index contributed by atoms with van der Waals surface area (Å²) >= 11 is 22.7. The molecule has 15 aromatic rings. The number of hydrogen-bond acceptors (Lipinski definition) is 10. The van der Waals surface area contributed by atoms with Gasteiger partial charge in [-0.3, -0.25) is 19.9 Å². The van der Waals surface area contributed by atoms with Gasteiger partial charge in [-0.2, -0.15) is 0 Å². The molecule has 7 heterocycles. The minimum Gasteiger partial charge on any atom is -0.264 e. The molecule has 0 saturated carbocycles.